The number of carbonyl (C=O) groups excluding carboxylic acids is 1. The number of carbonyl (C=O) groups is 1. The molecule has 118 valence electrons. The molecule has 0 saturated carbocycles. The fraction of sp³-hybridized carbons (Fsp3) is 0.111. The van der Waals surface area contributed by atoms with Crippen LogP contribution in [0.5, 0.6) is 0 Å². The van der Waals surface area contributed by atoms with Gasteiger partial charge in [0.2, 0.25) is 0 Å². The zero-order valence-electron chi connectivity index (χ0n) is 13.3. The maximum atomic E-state index is 12.6. The second-order valence-corrected chi connectivity index (χ2v) is 5.70. The number of hydrogen-bond acceptors (Lipinski definition) is 4. The Hall–Kier alpha value is -3.28. The standard InChI is InChI=1S/C18H15N5O/c1-11-7-12(2)23-17(21-11)15(10-20-23)18(24)22-14-8-13-5-3-4-6-16(13)19-9-14/h3-10H,1-2H3,(H,22,24). The van der Waals surface area contributed by atoms with Crippen molar-refractivity contribution >= 4 is 28.1 Å². The van der Waals surface area contributed by atoms with Crippen LogP contribution in [0.25, 0.3) is 16.6 Å². The first-order chi connectivity index (χ1) is 11.6. The maximum Gasteiger partial charge on any atom is 0.261 e. The van der Waals surface area contributed by atoms with Crippen molar-refractivity contribution in [1.82, 2.24) is 19.6 Å². The molecule has 4 aromatic rings. The summed E-state index contributed by atoms with van der Waals surface area (Å²) in [5.41, 5.74) is 4.31. The molecule has 0 aliphatic rings. The summed E-state index contributed by atoms with van der Waals surface area (Å²) >= 11 is 0. The lowest BCUT2D eigenvalue weighted by Crippen LogP contribution is -2.12. The predicted octanol–water partition coefficient (Wildman–Crippen LogP) is 3.15. The summed E-state index contributed by atoms with van der Waals surface area (Å²) in [6.45, 7) is 3.83. The Labute approximate surface area is 138 Å². The van der Waals surface area contributed by atoms with E-state index < -0.39 is 0 Å². The van der Waals surface area contributed by atoms with Gasteiger partial charge in [0.15, 0.2) is 5.65 Å². The topological polar surface area (TPSA) is 72.2 Å². The van der Waals surface area contributed by atoms with Gasteiger partial charge in [0.1, 0.15) is 5.56 Å². The minimum Gasteiger partial charge on any atom is -0.320 e. The van der Waals surface area contributed by atoms with E-state index in [4.69, 9.17) is 0 Å². The van der Waals surface area contributed by atoms with Crippen molar-refractivity contribution in [3.8, 4) is 0 Å². The molecule has 0 aliphatic heterocycles. The molecule has 0 fully saturated rings. The Morgan fingerprint density at radius 2 is 1.96 bits per heavy atom. The molecule has 0 unspecified atom stereocenters. The zero-order valence-corrected chi connectivity index (χ0v) is 13.3. The number of rotatable bonds is 2. The molecule has 1 amide bonds. The highest BCUT2D eigenvalue weighted by Crippen LogP contribution is 2.18. The lowest BCUT2D eigenvalue weighted by molar-refractivity contribution is 0.102. The Balaban J connectivity index is 1.71. The summed E-state index contributed by atoms with van der Waals surface area (Å²) in [7, 11) is 0. The van der Waals surface area contributed by atoms with Crippen LogP contribution in [-0.4, -0.2) is 25.5 Å². The van der Waals surface area contributed by atoms with Crippen LogP contribution in [0.15, 0.2) is 48.8 Å². The summed E-state index contributed by atoms with van der Waals surface area (Å²) < 4.78 is 1.67. The van der Waals surface area contributed by atoms with Crippen molar-refractivity contribution in [2.45, 2.75) is 13.8 Å². The van der Waals surface area contributed by atoms with Gasteiger partial charge in [-0.25, -0.2) is 9.50 Å². The van der Waals surface area contributed by atoms with Crippen LogP contribution in [0, 0.1) is 13.8 Å². The number of aryl methyl sites for hydroxylation is 2. The summed E-state index contributed by atoms with van der Waals surface area (Å²) in [6, 6.07) is 11.6. The Kier molecular flexibility index (Phi) is 3.23. The molecule has 6 heteroatoms. The zero-order chi connectivity index (χ0) is 16.7. The van der Waals surface area contributed by atoms with Gasteiger partial charge in [-0.15, -0.1) is 0 Å². The summed E-state index contributed by atoms with van der Waals surface area (Å²) in [5, 5.41) is 8.09. The molecule has 0 aliphatic carbocycles. The predicted molar refractivity (Wildman–Crippen MR) is 92.2 cm³/mol. The van der Waals surface area contributed by atoms with Crippen LogP contribution >= 0.6 is 0 Å². The fourth-order valence-corrected chi connectivity index (χ4v) is 2.77. The first-order valence-corrected chi connectivity index (χ1v) is 7.60. The third-order valence-electron chi connectivity index (χ3n) is 3.87. The molecule has 0 spiro atoms. The number of aromatic nitrogens is 4. The number of nitrogens with zero attached hydrogens (tertiary/aromatic N) is 4. The molecular weight excluding hydrogens is 302 g/mol. The van der Waals surface area contributed by atoms with Gasteiger partial charge in [-0.1, -0.05) is 18.2 Å². The molecule has 0 saturated heterocycles. The molecule has 4 rings (SSSR count). The lowest BCUT2D eigenvalue weighted by Gasteiger charge is -2.06. The minimum atomic E-state index is -0.250. The van der Waals surface area contributed by atoms with E-state index in [0.717, 1.165) is 22.3 Å². The molecule has 3 aromatic heterocycles. The van der Waals surface area contributed by atoms with Crippen molar-refractivity contribution in [2.75, 3.05) is 5.32 Å². The number of nitrogens with one attached hydrogen (secondary N) is 1. The first-order valence-electron chi connectivity index (χ1n) is 7.60. The Bertz CT molecular complexity index is 1080. The number of benzene rings is 1. The van der Waals surface area contributed by atoms with E-state index in [0.29, 0.717) is 16.9 Å². The van der Waals surface area contributed by atoms with Crippen LogP contribution < -0.4 is 5.32 Å². The minimum absolute atomic E-state index is 0.250. The van der Waals surface area contributed by atoms with Gasteiger partial charge in [-0.3, -0.25) is 9.78 Å². The number of amides is 1. The number of para-hydroxylation sites is 1. The summed E-state index contributed by atoms with van der Waals surface area (Å²) in [5.74, 6) is -0.250. The highest BCUT2D eigenvalue weighted by molar-refractivity contribution is 6.08. The Morgan fingerprint density at radius 1 is 1.12 bits per heavy atom. The molecule has 1 N–H and O–H groups in total. The molecule has 0 atom stereocenters. The molecule has 0 radical (unpaired) electrons. The van der Waals surface area contributed by atoms with Crippen molar-refractivity contribution in [2.24, 2.45) is 0 Å². The second-order valence-electron chi connectivity index (χ2n) is 5.70. The van der Waals surface area contributed by atoms with Crippen LogP contribution in [0.4, 0.5) is 5.69 Å². The third kappa shape index (κ3) is 2.38. The molecule has 1 aromatic carbocycles. The van der Waals surface area contributed by atoms with Crippen LogP contribution in [-0.2, 0) is 0 Å². The number of hydrogen-bond donors (Lipinski definition) is 1. The van der Waals surface area contributed by atoms with E-state index in [9.17, 15) is 4.79 Å². The van der Waals surface area contributed by atoms with Gasteiger partial charge in [-0.2, -0.15) is 5.10 Å². The monoisotopic (exact) mass is 317 g/mol. The SMILES string of the molecule is Cc1cc(C)n2ncc(C(=O)Nc3cnc4ccccc4c3)c2n1. The van der Waals surface area contributed by atoms with Crippen molar-refractivity contribution in [3.63, 3.8) is 0 Å². The smallest absolute Gasteiger partial charge is 0.261 e. The molecule has 0 bridgehead atoms. The average molecular weight is 317 g/mol. The third-order valence-corrected chi connectivity index (χ3v) is 3.87. The van der Waals surface area contributed by atoms with Gasteiger partial charge < -0.3 is 5.32 Å². The number of pyridine rings is 1. The number of fused-ring (bicyclic) bond motifs is 2. The summed E-state index contributed by atoms with van der Waals surface area (Å²) in [6.07, 6.45) is 3.19. The number of anilines is 1. The highest BCUT2D eigenvalue weighted by Gasteiger charge is 2.16. The first kappa shape index (κ1) is 14.3. The van der Waals surface area contributed by atoms with Gasteiger partial charge >= 0.3 is 0 Å². The Morgan fingerprint density at radius 3 is 2.83 bits per heavy atom. The van der Waals surface area contributed by atoms with E-state index in [1.165, 1.54) is 0 Å². The second kappa shape index (κ2) is 5.42. The van der Waals surface area contributed by atoms with E-state index in [2.05, 4.69) is 20.4 Å². The van der Waals surface area contributed by atoms with Gasteiger partial charge in [0, 0.05) is 16.8 Å². The summed E-state index contributed by atoms with van der Waals surface area (Å²) in [4.78, 5) is 21.4. The average Bonchev–Trinajstić information content (AvgIpc) is 2.99. The van der Waals surface area contributed by atoms with Crippen molar-refractivity contribution in [1.29, 1.82) is 0 Å². The molecule has 6 nitrogen and oxygen atoms in total. The van der Waals surface area contributed by atoms with Gasteiger partial charge in [0.05, 0.1) is 23.6 Å². The van der Waals surface area contributed by atoms with E-state index >= 15 is 0 Å². The lowest BCUT2D eigenvalue weighted by atomic mass is 10.2. The van der Waals surface area contributed by atoms with Crippen molar-refractivity contribution < 1.29 is 4.79 Å². The van der Waals surface area contributed by atoms with E-state index in [1.807, 2.05) is 50.2 Å². The van der Waals surface area contributed by atoms with Crippen LogP contribution in [0.3, 0.4) is 0 Å². The quantitative estimate of drug-likeness (QED) is 0.616. The van der Waals surface area contributed by atoms with E-state index in [-0.39, 0.29) is 5.91 Å². The largest absolute Gasteiger partial charge is 0.320 e. The molecule has 3 heterocycles. The van der Waals surface area contributed by atoms with Crippen LogP contribution in [0.2, 0.25) is 0 Å². The molecule has 24 heavy (non-hydrogen) atoms. The van der Waals surface area contributed by atoms with Gasteiger partial charge in [-0.05, 0) is 32.0 Å². The molecular formula is C18H15N5O. The van der Waals surface area contributed by atoms with Crippen molar-refractivity contribution in [3.05, 3.63) is 65.7 Å². The normalized spacial score (nSPS) is 11.1. The maximum absolute atomic E-state index is 12.6. The van der Waals surface area contributed by atoms with Crippen LogP contribution in [0.1, 0.15) is 21.7 Å². The van der Waals surface area contributed by atoms with Gasteiger partial charge in [0.25, 0.3) is 5.91 Å². The van der Waals surface area contributed by atoms with E-state index in [1.54, 1.807) is 16.9 Å². The highest BCUT2D eigenvalue weighted by atomic mass is 16.1. The fourth-order valence-electron chi connectivity index (χ4n) is 2.77.